The molecule has 0 saturated carbocycles. The molecule has 0 amide bonds. The van der Waals surface area contributed by atoms with Crippen LogP contribution in [-0.4, -0.2) is 30.7 Å². The number of hydrogen-bond donors (Lipinski definition) is 0. The number of carbonyl (C=O) groups excluding carboxylic acids is 2. The predicted molar refractivity (Wildman–Crippen MR) is 126 cm³/mol. The number of benzene rings is 2. The van der Waals surface area contributed by atoms with Crippen molar-refractivity contribution in [2.45, 2.75) is 19.9 Å². The smallest absolute Gasteiger partial charge is 0.338 e. The van der Waals surface area contributed by atoms with E-state index in [9.17, 15) is 18.8 Å². The Morgan fingerprint density at radius 1 is 1.11 bits per heavy atom. The van der Waals surface area contributed by atoms with Crippen molar-refractivity contribution in [2.75, 3.05) is 14.2 Å². The lowest BCUT2D eigenvalue weighted by molar-refractivity contribution is -0.136. The summed E-state index contributed by atoms with van der Waals surface area (Å²) in [6, 6.07) is 9.66. The third kappa shape index (κ3) is 4.65. The first-order valence-corrected chi connectivity index (χ1v) is 11.3. The van der Waals surface area contributed by atoms with E-state index in [1.807, 2.05) is 0 Å². The molecule has 0 N–H and O–H groups in total. The zero-order valence-electron chi connectivity index (χ0n) is 19.3. The van der Waals surface area contributed by atoms with Gasteiger partial charge in [-0.3, -0.25) is 14.2 Å². The number of carbonyl (C=O) groups is 2. The number of nitrogens with zero attached hydrogens (tertiary/aromatic N) is 2. The van der Waals surface area contributed by atoms with Crippen LogP contribution in [0.4, 0.5) is 4.39 Å². The number of halogens is 1. The number of ether oxygens (including phenoxy) is 3. The number of fused-ring (bicyclic) bond motifs is 1. The Balaban J connectivity index is 1.95. The van der Waals surface area contributed by atoms with Gasteiger partial charge in [0, 0.05) is 6.92 Å². The van der Waals surface area contributed by atoms with Crippen LogP contribution in [0.15, 0.2) is 63.5 Å². The zero-order valence-corrected chi connectivity index (χ0v) is 20.1. The maximum atomic E-state index is 13.5. The van der Waals surface area contributed by atoms with E-state index in [0.717, 1.165) is 11.3 Å². The van der Waals surface area contributed by atoms with Crippen LogP contribution in [-0.2, 0) is 14.3 Å². The minimum absolute atomic E-state index is 0.190. The van der Waals surface area contributed by atoms with Crippen LogP contribution >= 0.6 is 11.3 Å². The summed E-state index contributed by atoms with van der Waals surface area (Å²) >= 11 is 1.15. The van der Waals surface area contributed by atoms with Gasteiger partial charge in [-0.1, -0.05) is 29.5 Å². The molecule has 1 atom stereocenters. The Labute approximate surface area is 203 Å². The summed E-state index contributed by atoms with van der Waals surface area (Å²) in [5, 5.41) is 0. The third-order valence-corrected chi connectivity index (χ3v) is 6.33. The van der Waals surface area contributed by atoms with E-state index >= 15 is 0 Å². The van der Waals surface area contributed by atoms with Crippen molar-refractivity contribution in [1.82, 2.24) is 4.57 Å². The quantitative estimate of drug-likeness (QED) is 0.398. The fraction of sp³-hybridized carbons (Fsp3) is 0.200. The summed E-state index contributed by atoms with van der Waals surface area (Å²) in [6.07, 6.45) is 1.64. The van der Waals surface area contributed by atoms with E-state index < -0.39 is 18.0 Å². The maximum absolute atomic E-state index is 13.5. The van der Waals surface area contributed by atoms with Crippen molar-refractivity contribution in [3.63, 3.8) is 0 Å². The largest absolute Gasteiger partial charge is 0.493 e. The van der Waals surface area contributed by atoms with Crippen LogP contribution in [0.1, 0.15) is 31.0 Å². The normalized spacial score (nSPS) is 15.3. The molecule has 0 bridgehead atoms. The Morgan fingerprint density at radius 3 is 2.46 bits per heavy atom. The fourth-order valence-electron chi connectivity index (χ4n) is 3.81. The fourth-order valence-corrected chi connectivity index (χ4v) is 4.86. The van der Waals surface area contributed by atoms with Gasteiger partial charge in [0.2, 0.25) is 0 Å². The van der Waals surface area contributed by atoms with Crippen LogP contribution in [0.5, 0.6) is 11.5 Å². The van der Waals surface area contributed by atoms with Gasteiger partial charge in [-0.15, -0.1) is 0 Å². The molecule has 1 aromatic heterocycles. The summed E-state index contributed by atoms with van der Waals surface area (Å²) < 4.78 is 30.7. The highest BCUT2D eigenvalue weighted by molar-refractivity contribution is 7.07. The topological polar surface area (TPSA) is 96.2 Å². The monoisotopic (exact) mass is 496 g/mol. The molecule has 8 nitrogen and oxygen atoms in total. The van der Waals surface area contributed by atoms with Crippen molar-refractivity contribution in [3.8, 4) is 11.5 Å². The molecule has 180 valence electrons. The van der Waals surface area contributed by atoms with Gasteiger partial charge in [0.25, 0.3) is 5.56 Å². The summed E-state index contributed by atoms with van der Waals surface area (Å²) in [4.78, 5) is 42.6. The van der Waals surface area contributed by atoms with Crippen molar-refractivity contribution in [3.05, 3.63) is 90.4 Å². The number of hydrogen-bond acceptors (Lipinski definition) is 8. The van der Waals surface area contributed by atoms with Crippen molar-refractivity contribution >= 4 is 29.4 Å². The first kappa shape index (κ1) is 24.1. The summed E-state index contributed by atoms with van der Waals surface area (Å²) in [6.45, 7) is 2.94. The van der Waals surface area contributed by atoms with Crippen LogP contribution < -0.4 is 24.4 Å². The van der Waals surface area contributed by atoms with Gasteiger partial charge in [-0.05, 0) is 48.4 Å². The summed E-state index contributed by atoms with van der Waals surface area (Å²) in [5.41, 5.74) is 1.39. The van der Waals surface area contributed by atoms with Gasteiger partial charge in [-0.25, -0.2) is 14.2 Å². The lowest BCUT2D eigenvalue weighted by Gasteiger charge is -2.25. The molecule has 0 fully saturated rings. The van der Waals surface area contributed by atoms with Crippen LogP contribution in [0.25, 0.3) is 6.08 Å². The van der Waals surface area contributed by atoms with E-state index in [1.54, 1.807) is 37.3 Å². The Morgan fingerprint density at radius 2 is 1.83 bits per heavy atom. The predicted octanol–water partition coefficient (Wildman–Crippen LogP) is 2.48. The van der Waals surface area contributed by atoms with Crippen LogP contribution in [0, 0.1) is 5.82 Å². The first-order valence-electron chi connectivity index (χ1n) is 10.5. The maximum Gasteiger partial charge on any atom is 0.338 e. The van der Waals surface area contributed by atoms with Gasteiger partial charge in [0.1, 0.15) is 5.82 Å². The zero-order chi connectivity index (χ0) is 25.3. The van der Waals surface area contributed by atoms with Gasteiger partial charge in [0.05, 0.1) is 36.1 Å². The molecular weight excluding hydrogens is 475 g/mol. The molecule has 3 aromatic rings. The lowest BCUT2D eigenvalue weighted by Crippen LogP contribution is -2.39. The molecule has 35 heavy (non-hydrogen) atoms. The van der Waals surface area contributed by atoms with E-state index in [4.69, 9.17) is 14.2 Å². The van der Waals surface area contributed by atoms with Crippen molar-refractivity contribution in [2.24, 2.45) is 4.99 Å². The molecule has 0 aliphatic carbocycles. The second kappa shape index (κ2) is 9.67. The van der Waals surface area contributed by atoms with Crippen LogP contribution in [0.2, 0.25) is 0 Å². The number of aromatic nitrogens is 1. The molecule has 2 aromatic carbocycles. The van der Waals surface area contributed by atoms with E-state index in [2.05, 4.69) is 4.99 Å². The Hall–Kier alpha value is -4.05. The van der Waals surface area contributed by atoms with E-state index in [1.165, 1.54) is 43.9 Å². The van der Waals surface area contributed by atoms with Gasteiger partial charge < -0.3 is 14.2 Å². The molecule has 0 radical (unpaired) electrons. The Bertz CT molecular complexity index is 1540. The summed E-state index contributed by atoms with van der Waals surface area (Å²) in [7, 11) is 2.67. The third-order valence-electron chi connectivity index (χ3n) is 5.35. The molecule has 0 spiro atoms. The van der Waals surface area contributed by atoms with Crippen molar-refractivity contribution < 1.29 is 28.2 Å². The second-order valence-corrected chi connectivity index (χ2v) is 8.64. The average Bonchev–Trinajstić information content (AvgIpc) is 3.13. The number of esters is 2. The first-order chi connectivity index (χ1) is 16.7. The molecule has 2 heterocycles. The SMILES string of the molecule is COC(=O)C1=C(C)N=c2s/c(=C/c3ccc(F)cc3)c(=O)n2[C@@H]1c1ccc(OC(C)=O)c(OC)c1. The van der Waals surface area contributed by atoms with Gasteiger partial charge in [0.15, 0.2) is 16.3 Å². The average molecular weight is 497 g/mol. The summed E-state index contributed by atoms with van der Waals surface area (Å²) in [5.74, 6) is -1.08. The number of thiazole rings is 1. The molecule has 1 aliphatic heterocycles. The van der Waals surface area contributed by atoms with Crippen molar-refractivity contribution in [1.29, 1.82) is 0 Å². The second-order valence-electron chi connectivity index (χ2n) is 7.63. The molecule has 1 aliphatic rings. The lowest BCUT2D eigenvalue weighted by atomic mass is 9.95. The van der Waals surface area contributed by atoms with Gasteiger partial charge >= 0.3 is 11.9 Å². The molecule has 4 rings (SSSR count). The van der Waals surface area contributed by atoms with Crippen LogP contribution in [0.3, 0.4) is 0 Å². The molecule has 0 unspecified atom stereocenters. The van der Waals surface area contributed by atoms with E-state index in [0.29, 0.717) is 26.2 Å². The van der Waals surface area contributed by atoms with Gasteiger partial charge in [-0.2, -0.15) is 0 Å². The highest BCUT2D eigenvalue weighted by Gasteiger charge is 2.33. The highest BCUT2D eigenvalue weighted by atomic mass is 32.1. The minimum Gasteiger partial charge on any atom is -0.493 e. The Kier molecular flexibility index (Phi) is 6.65. The highest BCUT2D eigenvalue weighted by Crippen LogP contribution is 2.36. The number of allylic oxidation sites excluding steroid dienone is 1. The van der Waals surface area contributed by atoms with E-state index in [-0.39, 0.29) is 28.4 Å². The number of rotatable bonds is 5. The standard InChI is InChI=1S/C25H21FN2O6S/c1-13-21(24(31)33-4)22(16-7-10-18(34-14(2)29)19(12-16)32-3)28-23(30)20(35-25(28)27-13)11-15-5-8-17(26)9-6-15/h5-12,22H,1-4H3/b20-11+/t22-/m1/s1. The minimum atomic E-state index is -0.866. The molecule has 0 saturated heterocycles. The number of methoxy groups -OCH3 is 2. The molecular formula is C25H21FN2O6S. The molecule has 10 heteroatoms.